The van der Waals surface area contributed by atoms with Gasteiger partial charge in [0.2, 0.25) is 0 Å². The Bertz CT molecular complexity index is 1410. The first-order valence-corrected chi connectivity index (χ1v) is 11.4. The number of aliphatic imine (C=N–C) groups is 1. The summed E-state index contributed by atoms with van der Waals surface area (Å²) < 4.78 is 60.5. The van der Waals surface area contributed by atoms with E-state index in [1.54, 1.807) is 28.8 Å². The maximum absolute atomic E-state index is 13.8. The van der Waals surface area contributed by atoms with Crippen LogP contribution in [0.4, 0.5) is 29.2 Å². The van der Waals surface area contributed by atoms with Crippen molar-refractivity contribution in [3.8, 4) is 17.3 Å². The Kier molecular flexibility index (Phi) is 7.99. The second kappa shape index (κ2) is 11.4. The van der Waals surface area contributed by atoms with Gasteiger partial charge in [0.1, 0.15) is 35.3 Å². The van der Waals surface area contributed by atoms with Crippen LogP contribution in [0.3, 0.4) is 0 Å². The third kappa shape index (κ3) is 5.79. The zero-order chi connectivity index (χ0) is 27.3. The number of alkyl halides is 3. The van der Waals surface area contributed by atoms with E-state index in [9.17, 15) is 22.8 Å². The van der Waals surface area contributed by atoms with E-state index in [1.165, 1.54) is 18.7 Å². The molecular formula is C24H23F4N9O. The number of benzene rings is 1. The first-order chi connectivity index (χ1) is 18.2. The number of rotatable bonds is 9. The highest BCUT2D eigenvalue weighted by Gasteiger charge is 2.34. The molecular weight excluding hydrogens is 506 g/mol. The lowest BCUT2D eigenvalue weighted by Gasteiger charge is -2.21. The topological polar surface area (TPSA) is 130 Å². The molecule has 0 aliphatic carbocycles. The molecule has 1 aliphatic heterocycles. The van der Waals surface area contributed by atoms with Gasteiger partial charge < -0.3 is 25.3 Å². The average molecular weight is 530 g/mol. The summed E-state index contributed by atoms with van der Waals surface area (Å²) in [6.07, 6.45) is 1.21. The van der Waals surface area contributed by atoms with Crippen LogP contribution in [-0.2, 0) is 17.5 Å². The lowest BCUT2D eigenvalue weighted by Crippen LogP contribution is -2.27. The number of aromatic nitrogens is 4. The molecule has 1 aliphatic rings. The minimum absolute atomic E-state index is 0.0411. The summed E-state index contributed by atoms with van der Waals surface area (Å²) in [5.41, 5.74) is 5.33. The zero-order valence-corrected chi connectivity index (χ0v) is 20.2. The Morgan fingerprint density at radius 1 is 1.24 bits per heavy atom. The quantitative estimate of drug-likeness (QED) is 0.320. The van der Waals surface area contributed by atoms with E-state index < -0.39 is 17.6 Å². The Morgan fingerprint density at radius 2 is 2.05 bits per heavy atom. The van der Waals surface area contributed by atoms with Crippen LogP contribution in [-0.4, -0.2) is 59.2 Å². The van der Waals surface area contributed by atoms with Crippen molar-refractivity contribution in [2.45, 2.75) is 12.7 Å². The minimum Gasteiger partial charge on any atom is -0.383 e. The average Bonchev–Trinajstić information content (AvgIpc) is 3.32. The second-order valence-electron chi connectivity index (χ2n) is 8.13. The fourth-order valence-electron chi connectivity index (χ4n) is 3.75. The van der Waals surface area contributed by atoms with Crippen LogP contribution in [0.1, 0.15) is 17.0 Å². The molecule has 3 aromatic rings. The fraction of sp³-hybridized carbons (Fsp3) is 0.292. The molecule has 0 saturated heterocycles. The molecule has 198 valence electrons. The van der Waals surface area contributed by atoms with Crippen LogP contribution < -0.4 is 16.0 Å². The Balaban J connectivity index is 1.65. The van der Waals surface area contributed by atoms with Crippen molar-refractivity contribution in [2.75, 3.05) is 44.0 Å². The summed E-state index contributed by atoms with van der Waals surface area (Å²) in [6.45, 7) is 2.35. The summed E-state index contributed by atoms with van der Waals surface area (Å²) in [6, 6.07) is 4.75. The third-order valence-electron chi connectivity index (χ3n) is 5.64. The standard InChI is InChI=1S/C24H23F4N9O/c1-38-9-6-31-5-8-36-12-20(15-2-3-18(25)17(10-15)24(26,27)28)35-23(36)19-4-7-37(14-34-19)22-16(11-29)21(30)32-13-33-22/h2-4,10,12-14,31H,5-9H2,1H3,(H2,30,32,33). The molecule has 0 bridgehead atoms. The Morgan fingerprint density at radius 3 is 2.74 bits per heavy atom. The highest BCUT2D eigenvalue weighted by molar-refractivity contribution is 5.88. The molecule has 3 N–H and O–H groups in total. The van der Waals surface area contributed by atoms with Crippen LogP contribution in [0.15, 0.2) is 41.8 Å². The molecule has 10 nitrogen and oxygen atoms in total. The number of nitriles is 1. The molecule has 0 fully saturated rings. The highest BCUT2D eigenvalue weighted by Crippen LogP contribution is 2.34. The van der Waals surface area contributed by atoms with Crippen molar-refractivity contribution in [1.82, 2.24) is 24.8 Å². The molecule has 14 heteroatoms. The monoisotopic (exact) mass is 529 g/mol. The van der Waals surface area contributed by atoms with E-state index in [0.717, 1.165) is 12.1 Å². The van der Waals surface area contributed by atoms with E-state index in [1.807, 2.05) is 6.07 Å². The van der Waals surface area contributed by atoms with Gasteiger partial charge in [-0.05, 0) is 24.3 Å². The molecule has 0 radical (unpaired) electrons. The summed E-state index contributed by atoms with van der Waals surface area (Å²) in [4.78, 5) is 18.5. The van der Waals surface area contributed by atoms with Crippen molar-refractivity contribution in [2.24, 2.45) is 4.99 Å². The zero-order valence-electron chi connectivity index (χ0n) is 20.2. The summed E-state index contributed by atoms with van der Waals surface area (Å²) in [7, 11) is 1.59. The molecule has 4 rings (SSSR count). The number of halogens is 4. The number of nitrogens with one attached hydrogen (secondary N) is 1. The molecule has 0 saturated carbocycles. The third-order valence-corrected chi connectivity index (χ3v) is 5.64. The van der Waals surface area contributed by atoms with Crippen molar-refractivity contribution in [3.05, 3.63) is 59.6 Å². The number of anilines is 2. The van der Waals surface area contributed by atoms with Crippen molar-refractivity contribution in [3.63, 3.8) is 0 Å². The molecule has 38 heavy (non-hydrogen) atoms. The minimum atomic E-state index is -4.84. The molecule has 0 atom stereocenters. The van der Waals surface area contributed by atoms with Gasteiger partial charge in [0.25, 0.3) is 0 Å². The van der Waals surface area contributed by atoms with Gasteiger partial charge in [0, 0.05) is 45.0 Å². The maximum atomic E-state index is 13.8. The van der Waals surface area contributed by atoms with Crippen LogP contribution in [0.2, 0.25) is 0 Å². The van der Waals surface area contributed by atoms with E-state index in [2.05, 4.69) is 25.3 Å². The number of methoxy groups -OCH3 is 1. The summed E-state index contributed by atoms with van der Waals surface area (Å²) >= 11 is 0. The lowest BCUT2D eigenvalue weighted by molar-refractivity contribution is -0.139. The molecule has 0 unspecified atom stereocenters. The molecule has 0 amide bonds. The van der Waals surface area contributed by atoms with Crippen molar-refractivity contribution >= 4 is 23.7 Å². The Labute approximate surface area is 215 Å². The molecule has 1 aromatic carbocycles. The summed E-state index contributed by atoms with van der Waals surface area (Å²) in [5.74, 6) is -0.620. The first kappa shape index (κ1) is 26.7. The van der Waals surface area contributed by atoms with Gasteiger partial charge in [0.05, 0.1) is 24.2 Å². The lowest BCUT2D eigenvalue weighted by atomic mass is 10.1. The Hall–Kier alpha value is -4.35. The largest absolute Gasteiger partial charge is 0.419 e. The van der Waals surface area contributed by atoms with Crippen LogP contribution >= 0.6 is 0 Å². The SMILES string of the molecule is COCCNCCn1cc(-c2ccc(F)c(C(F)(F)F)c2)nc1C1=CCN(c2ncnc(N)c2C#N)C=N1. The number of hydrogen-bond acceptors (Lipinski definition) is 9. The molecule has 3 heterocycles. The number of ether oxygens (including phenoxy) is 1. The second-order valence-corrected chi connectivity index (χ2v) is 8.13. The van der Waals surface area contributed by atoms with Gasteiger partial charge >= 0.3 is 6.18 Å². The van der Waals surface area contributed by atoms with Gasteiger partial charge in [-0.15, -0.1) is 0 Å². The van der Waals surface area contributed by atoms with Gasteiger partial charge in [-0.2, -0.15) is 18.4 Å². The van der Waals surface area contributed by atoms with E-state index in [-0.39, 0.29) is 35.0 Å². The summed E-state index contributed by atoms with van der Waals surface area (Å²) in [5, 5.41) is 12.6. The van der Waals surface area contributed by atoms with Crippen molar-refractivity contribution in [1.29, 1.82) is 5.26 Å². The maximum Gasteiger partial charge on any atom is 0.419 e. The van der Waals surface area contributed by atoms with E-state index >= 15 is 0 Å². The highest BCUT2D eigenvalue weighted by atomic mass is 19.4. The number of imidazole rings is 1. The normalized spacial score (nSPS) is 13.5. The number of nitrogens with zero attached hydrogens (tertiary/aromatic N) is 7. The smallest absolute Gasteiger partial charge is 0.383 e. The van der Waals surface area contributed by atoms with Crippen LogP contribution in [0.5, 0.6) is 0 Å². The van der Waals surface area contributed by atoms with Crippen molar-refractivity contribution < 1.29 is 22.3 Å². The number of nitrogens with two attached hydrogens (primary N) is 1. The van der Waals surface area contributed by atoms with E-state index in [0.29, 0.717) is 37.8 Å². The predicted octanol–water partition coefficient (Wildman–Crippen LogP) is 3.08. The van der Waals surface area contributed by atoms with Gasteiger partial charge in [0.15, 0.2) is 11.6 Å². The van der Waals surface area contributed by atoms with Crippen LogP contribution in [0, 0.1) is 17.1 Å². The molecule has 2 aromatic heterocycles. The van der Waals surface area contributed by atoms with Crippen LogP contribution in [0.25, 0.3) is 17.0 Å². The first-order valence-electron chi connectivity index (χ1n) is 11.4. The van der Waals surface area contributed by atoms with Gasteiger partial charge in [-0.25, -0.2) is 24.3 Å². The van der Waals surface area contributed by atoms with Gasteiger partial charge in [-0.1, -0.05) is 0 Å². The number of hydrogen-bond donors (Lipinski definition) is 2. The predicted molar refractivity (Wildman–Crippen MR) is 132 cm³/mol. The molecule has 0 spiro atoms. The number of nitrogen functional groups attached to an aromatic ring is 1. The van der Waals surface area contributed by atoms with Gasteiger partial charge in [-0.3, -0.25) is 0 Å². The van der Waals surface area contributed by atoms with E-state index in [4.69, 9.17) is 10.5 Å². The fourth-order valence-corrected chi connectivity index (χ4v) is 3.75.